The van der Waals surface area contributed by atoms with Gasteiger partial charge in [0.2, 0.25) is 0 Å². The average molecular weight is 1660 g/mol. The number of hydrogen-bond acceptors (Lipinski definition) is 16. The highest BCUT2D eigenvalue weighted by Gasteiger charge is 2.51. The fourth-order valence-corrected chi connectivity index (χ4v) is 35.8. The van der Waals surface area contributed by atoms with Crippen LogP contribution in [-0.2, 0) is 43.4 Å². The van der Waals surface area contributed by atoms with Crippen LogP contribution >= 0.6 is 47.0 Å². The normalized spacial score (nSPS) is 18.7. The van der Waals surface area contributed by atoms with Crippen molar-refractivity contribution in [2.24, 2.45) is 20.0 Å². The smallest absolute Gasteiger partial charge is 0.348 e. The fourth-order valence-electron chi connectivity index (χ4n) is 15.3. The summed E-state index contributed by atoms with van der Waals surface area (Å²) in [4.78, 5) is 65.6. The van der Waals surface area contributed by atoms with E-state index in [1.807, 2.05) is 140 Å². The number of aromatic hydroxyl groups is 4. The van der Waals surface area contributed by atoms with Gasteiger partial charge in [-0.15, -0.1) is 0 Å². The highest BCUT2D eigenvalue weighted by atomic mass is 32.2. The van der Waals surface area contributed by atoms with Crippen LogP contribution in [0.1, 0.15) is 111 Å². The van der Waals surface area contributed by atoms with E-state index >= 15 is 0 Å². The molecule has 0 saturated carbocycles. The van der Waals surface area contributed by atoms with Gasteiger partial charge in [-0.1, -0.05) is 276 Å². The summed E-state index contributed by atoms with van der Waals surface area (Å²) in [6.45, 7) is 22.1. The van der Waals surface area contributed by atoms with Crippen molar-refractivity contribution in [1.82, 2.24) is 0 Å². The van der Waals surface area contributed by atoms with E-state index in [1.54, 1.807) is 48.5 Å². The van der Waals surface area contributed by atoms with Crippen molar-refractivity contribution < 1.29 is 57.3 Å². The quantitative estimate of drug-likeness (QED) is 0.0307. The van der Waals surface area contributed by atoms with Crippen molar-refractivity contribution in [1.29, 1.82) is 0 Å². The third-order valence-electron chi connectivity index (χ3n) is 20.5. The third kappa shape index (κ3) is 22.5. The molecule has 5 atom stereocenters. The van der Waals surface area contributed by atoms with Crippen LogP contribution in [0.25, 0.3) is 0 Å². The Morgan fingerprint density at radius 2 is 0.681 bits per heavy atom. The predicted octanol–water partition coefficient (Wildman–Crippen LogP) is 20.4. The molecule has 590 valence electrons. The number of aliphatic imine (C=N–C) groups is 4. The molecule has 8 aromatic carbocycles. The first kappa shape index (κ1) is 86.4. The number of thioether (sulfide) groups is 4. The lowest BCUT2D eigenvalue weighted by atomic mass is 10.1. The van der Waals surface area contributed by atoms with Crippen molar-refractivity contribution in [3.8, 4) is 23.0 Å². The van der Waals surface area contributed by atoms with E-state index in [1.165, 1.54) is 47.0 Å². The van der Waals surface area contributed by atoms with Gasteiger partial charge in [-0.25, -0.2) is 0 Å². The van der Waals surface area contributed by atoms with Crippen LogP contribution in [0.2, 0.25) is 34.8 Å². The number of benzene rings is 8. The van der Waals surface area contributed by atoms with E-state index in [4.69, 9.17) is 17.7 Å². The van der Waals surface area contributed by atoms with E-state index in [9.17, 15) is 39.6 Å². The molecule has 0 spiro atoms. The lowest BCUT2D eigenvalue weighted by molar-refractivity contribution is 0.266. The highest BCUT2D eigenvalue weighted by Crippen LogP contribution is 2.45. The molecule has 0 bridgehead atoms. The number of carbonyl (C=O) groups excluding carboxylic acids is 4. The maximum Gasteiger partial charge on any atom is 0.348 e. The lowest BCUT2D eigenvalue weighted by Crippen LogP contribution is -2.70. The average Bonchev–Trinajstić information content (AvgIpc) is 1.73. The summed E-state index contributed by atoms with van der Waals surface area (Å²) in [6.07, 6.45) is 14.0. The van der Waals surface area contributed by atoms with Crippen LogP contribution < -0.4 is 20.7 Å². The van der Waals surface area contributed by atoms with Crippen molar-refractivity contribution in [2.75, 3.05) is 0 Å². The second-order valence-corrected chi connectivity index (χ2v) is 50.1. The molecule has 8 aromatic rings. The molecule has 13 rings (SSSR count). The van der Waals surface area contributed by atoms with Crippen LogP contribution in [0.4, 0.5) is 19.2 Å². The number of nitrogens with zero attached hydrogens (tertiary/aromatic N) is 4. The zero-order valence-electron chi connectivity index (χ0n) is 65.8. The number of rotatable bonds is 25. The van der Waals surface area contributed by atoms with Gasteiger partial charge in [0.05, 0.1) is 21.0 Å². The zero-order chi connectivity index (χ0) is 80.7. The van der Waals surface area contributed by atoms with E-state index < -0.39 is 33.3 Å². The molecule has 0 aromatic heterocycles. The van der Waals surface area contributed by atoms with Gasteiger partial charge in [-0.3, -0.25) is 19.2 Å². The molecule has 5 unspecified atom stereocenters. The van der Waals surface area contributed by atoms with E-state index in [0.29, 0.717) is 65.9 Å². The Labute approximate surface area is 686 Å². The van der Waals surface area contributed by atoms with Crippen molar-refractivity contribution in [3.63, 3.8) is 0 Å². The zero-order valence-corrected chi connectivity index (χ0v) is 73.0. The molecule has 5 aliphatic heterocycles. The minimum absolute atomic E-state index is 0.0468. The van der Waals surface area contributed by atoms with Crippen molar-refractivity contribution in [3.05, 3.63) is 276 Å². The molecule has 24 heteroatoms. The molecule has 16 nitrogen and oxygen atoms in total. The maximum atomic E-state index is 12.5. The van der Waals surface area contributed by atoms with Crippen LogP contribution in [-0.4, -0.2) is 119 Å². The predicted molar refractivity (Wildman–Crippen MR) is 478 cm³/mol. The SMILES string of the molecule is CC(C)[Si](OC1=NC(=O)SC1Cc1ccc(O)cc1)(C(C)C)C(C)C.CC1=CC=CC=C[Si]1(OC1=NC(=O)SC1Cc1ccc(O)cc1)c1ccccc1.CCC[Si](CCC)(CCC)OC1=NC(=O)SC1Cc1ccc(O)cc1.O=C1N=C(O[Si](c2ccccc2)(c2ccccc2)c2ccccc2)C(Cc2ccc(O)cc2)S1. The topological polar surface area (TPSA) is 236 Å². The second kappa shape index (κ2) is 40.8. The Bertz CT molecular complexity index is 4600. The number of amides is 4. The Morgan fingerprint density at radius 3 is 1.01 bits per heavy atom. The molecule has 5 heterocycles. The first-order chi connectivity index (χ1) is 54.4. The number of phenolic OH excluding ortho intramolecular Hbond substituents is 4. The van der Waals surface area contributed by atoms with E-state index in [0.717, 1.165) is 85.6 Å². The number of carbonyl (C=O) groups is 4. The summed E-state index contributed by atoms with van der Waals surface area (Å²) in [5.41, 5.74) is 7.62. The van der Waals surface area contributed by atoms with E-state index in [2.05, 4.69) is 150 Å². The van der Waals surface area contributed by atoms with Crippen molar-refractivity contribution >= 4 is 146 Å². The van der Waals surface area contributed by atoms with Gasteiger partial charge in [0.15, 0.2) is 23.6 Å². The largest absolute Gasteiger partial charge is 0.533 e. The molecule has 0 fully saturated rings. The third-order valence-corrected chi connectivity index (χ3v) is 42.8. The van der Waals surface area contributed by atoms with Gasteiger partial charge >= 0.3 is 37.6 Å². The fraction of sp³-hybridized carbons (Fsp3) is 0.303. The van der Waals surface area contributed by atoms with E-state index in [-0.39, 0.29) is 65.0 Å². The van der Waals surface area contributed by atoms with Crippen molar-refractivity contribution in [2.45, 2.75) is 170 Å². The van der Waals surface area contributed by atoms with Gasteiger partial charge in [-0.2, -0.15) is 20.0 Å². The first-order valence-electron chi connectivity index (χ1n) is 38.7. The summed E-state index contributed by atoms with van der Waals surface area (Å²) in [6, 6.07) is 72.6. The molecular weight excluding hydrogens is 1560 g/mol. The Hall–Kier alpha value is -8.99. The molecule has 0 radical (unpaired) electrons. The highest BCUT2D eigenvalue weighted by molar-refractivity contribution is 8.16. The molecule has 0 saturated heterocycles. The molecule has 113 heavy (non-hydrogen) atoms. The summed E-state index contributed by atoms with van der Waals surface area (Å²) in [5.74, 6) is 3.14. The minimum atomic E-state index is -3.02. The molecular formula is C89H102N4O12S4Si4. The van der Waals surface area contributed by atoms with Gasteiger partial charge < -0.3 is 38.1 Å². The Kier molecular flexibility index (Phi) is 31.2. The molecule has 0 aliphatic carbocycles. The standard InChI is InChI=1S/C28H23NO3SSi.C23H21NO3SSi.2C19H29NO3SSi/c30-22-18-16-21(17-19-22)20-26-27(29-28(31)33-26)32-34(23-10-4-1-5-11-23,24-12-6-2-7-13-24)25-14-8-3-9-15-25;1-17-8-4-3-7-15-29(17,20-9-5-2-6-10-20)27-22-21(28-23(26)24-22)16-18-11-13-19(25)14-12-18;1-12(2)25(13(3)4,14(5)6)23-18-17(24-19(22)20-18)11-15-7-9-16(21)10-8-15;1-4-11-25(12-5-2,13-6-3)23-18-17(24-19(22)20-18)14-15-7-9-16(21)10-8-15/h1-19,26,30H,20H2;2-15,21,25H,16H2,1H3;7-10,12-14,17,21H,11H2,1-6H3;7-10,17,21H,4-6,11-14H2,1-3H3. The van der Waals surface area contributed by atoms with Crippen LogP contribution in [0.5, 0.6) is 23.0 Å². The summed E-state index contributed by atoms with van der Waals surface area (Å²) >= 11 is 4.89. The monoisotopic (exact) mass is 1660 g/mol. The first-order valence-corrected chi connectivity index (χ1v) is 50.8. The van der Waals surface area contributed by atoms with Crippen LogP contribution in [0, 0.1) is 0 Å². The van der Waals surface area contributed by atoms with Crippen LogP contribution in [0.15, 0.2) is 274 Å². The van der Waals surface area contributed by atoms with Gasteiger partial charge in [-0.05, 0) is 217 Å². The maximum absolute atomic E-state index is 12.5. The Balaban J connectivity index is 0.000000161. The number of hydrogen-bond donors (Lipinski definition) is 4. The van der Waals surface area contributed by atoms with Gasteiger partial charge in [0, 0.05) is 0 Å². The molecule has 4 N–H and O–H groups in total. The summed E-state index contributed by atoms with van der Waals surface area (Å²) < 4.78 is 27.0. The Morgan fingerprint density at radius 1 is 0.381 bits per heavy atom. The van der Waals surface area contributed by atoms with Crippen LogP contribution in [0.3, 0.4) is 0 Å². The number of phenols is 4. The molecule has 5 aliphatic rings. The number of allylic oxidation sites excluding steroid dienone is 5. The lowest BCUT2D eigenvalue weighted by Gasteiger charge is -2.42. The van der Waals surface area contributed by atoms with Gasteiger partial charge in [0.25, 0.3) is 16.6 Å². The second-order valence-electron chi connectivity index (χ2n) is 29.4. The summed E-state index contributed by atoms with van der Waals surface area (Å²) in [5, 5.41) is 42.2. The van der Waals surface area contributed by atoms with Gasteiger partial charge in [0.1, 0.15) is 23.0 Å². The molecule has 4 amide bonds. The minimum Gasteiger partial charge on any atom is -0.533 e. The summed E-state index contributed by atoms with van der Waals surface area (Å²) in [7, 11) is -9.74.